The van der Waals surface area contributed by atoms with Gasteiger partial charge in [-0.2, -0.15) is 5.10 Å². The predicted octanol–water partition coefficient (Wildman–Crippen LogP) is 5.13. The lowest BCUT2D eigenvalue weighted by Crippen LogP contribution is -2.18. The van der Waals surface area contributed by atoms with E-state index in [0.29, 0.717) is 16.8 Å². The van der Waals surface area contributed by atoms with Gasteiger partial charge in [-0.1, -0.05) is 58.4 Å². The largest absolute Gasteiger partial charge is 0.507 e. The number of aromatic nitrogens is 1. The smallest absolute Gasteiger partial charge is 0.272 e. The van der Waals surface area contributed by atoms with Crippen LogP contribution in [0.15, 0.2) is 88.4 Å². The molecule has 1 heterocycles. The van der Waals surface area contributed by atoms with E-state index in [1.807, 2.05) is 48.5 Å². The molecule has 0 atom stereocenters. The number of hydrogen-bond acceptors (Lipinski definition) is 4. The summed E-state index contributed by atoms with van der Waals surface area (Å²) in [4.78, 5) is 17.5. The molecule has 29 heavy (non-hydrogen) atoms. The van der Waals surface area contributed by atoms with Crippen molar-refractivity contribution in [3.05, 3.63) is 94.5 Å². The van der Waals surface area contributed by atoms with Crippen molar-refractivity contribution in [1.29, 1.82) is 0 Å². The van der Waals surface area contributed by atoms with Crippen molar-refractivity contribution in [2.24, 2.45) is 5.10 Å². The van der Waals surface area contributed by atoms with E-state index in [9.17, 15) is 9.90 Å². The summed E-state index contributed by atoms with van der Waals surface area (Å²) >= 11 is 3.43. The monoisotopic (exact) mass is 445 g/mol. The molecule has 0 saturated heterocycles. The molecule has 4 aromatic rings. The average molecular weight is 446 g/mol. The predicted molar refractivity (Wildman–Crippen MR) is 118 cm³/mol. The molecule has 0 spiro atoms. The van der Waals surface area contributed by atoms with Gasteiger partial charge < -0.3 is 5.11 Å². The molecule has 0 aliphatic heterocycles. The Morgan fingerprint density at radius 1 is 1.00 bits per heavy atom. The van der Waals surface area contributed by atoms with Crippen molar-refractivity contribution >= 4 is 39.0 Å². The van der Waals surface area contributed by atoms with Gasteiger partial charge in [0.2, 0.25) is 0 Å². The van der Waals surface area contributed by atoms with Crippen molar-refractivity contribution in [2.45, 2.75) is 0 Å². The first kappa shape index (κ1) is 18.8. The molecule has 6 heteroatoms. The van der Waals surface area contributed by atoms with E-state index < -0.39 is 0 Å². The highest BCUT2D eigenvalue weighted by atomic mass is 79.9. The van der Waals surface area contributed by atoms with Crippen LogP contribution in [-0.4, -0.2) is 22.2 Å². The maximum Gasteiger partial charge on any atom is 0.272 e. The second-order valence-electron chi connectivity index (χ2n) is 6.34. The zero-order chi connectivity index (χ0) is 20.2. The number of carbonyl (C=O) groups excluding carboxylic acids is 1. The van der Waals surface area contributed by atoms with Crippen molar-refractivity contribution < 1.29 is 9.90 Å². The molecular formula is C23H16BrN3O2. The number of benzene rings is 3. The molecule has 0 aliphatic carbocycles. The van der Waals surface area contributed by atoms with Crippen LogP contribution in [0.3, 0.4) is 0 Å². The maximum absolute atomic E-state index is 12.8. The number of hydrazone groups is 1. The number of carbonyl (C=O) groups is 1. The lowest BCUT2D eigenvalue weighted by Gasteiger charge is -2.09. The number of phenolic OH excluding ortho intramolecular Hbond substituents is 1. The van der Waals surface area contributed by atoms with Gasteiger partial charge in [0.05, 0.1) is 23.0 Å². The Kier molecular flexibility index (Phi) is 5.35. The lowest BCUT2D eigenvalue weighted by atomic mass is 10.0. The maximum atomic E-state index is 12.8. The third-order valence-electron chi connectivity index (χ3n) is 4.41. The zero-order valence-corrected chi connectivity index (χ0v) is 16.8. The van der Waals surface area contributed by atoms with Crippen LogP contribution in [0.1, 0.15) is 15.9 Å². The minimum atomic E-state index is -0.353. The Labute approximate surface area is 175 Å². The Morgan fingerprint density at radius 3 is 2.52 bits per heavy atom. The molecule has 1 aromatic heterocycles. The number of pyridine rings is 1. The molecule has 0 radical (unpaired) electrons. The quantitative estimate of drug-likeness (QED) is 0.337. The highest BCUT2D eigenvalue weighted by Gasteiger charge is 2.13. The topological polar surface area (TPSA) is 74.6 Å². The number of amides is 1. The van der Waals surface area contributed by atoms with Gasteiger partial charge in [0.25, 0.3) is 5.91 Å². The minimum Gasteiger partial charge on any atom is -0.507 e. The molecular weight excluding hydrogens is 430 g/mol. The summed E-state index contributed by atoms with van der Waals surface area (Å²) in [5.74, 6) is -0.258. The van der Waals surface area contributed by atoms with Crippen molar-refractivity contribution in [1.82, 2.24) is 10.4 Å². The highest BCUT2D eigenvalue weighted by Crippen LogP contribution is 2.26. The van der Waals surface area contributed by atoms with Crippen LogP contribution >= 0.6 is 15.9 Å². The van der Waals surface area contributed by atoms with Gasteiger partial charge in [0, 0.05) is 21.0 Å². The van der Waals surface area contributed by atoms with E-state index in [-0.39, 0.29) is 11.7 Å². The van der Waals surface area contributed by atoms with Crippen LogP contribution in [0, 0.1) is 0 Å². The van der Waals surface area contributed by atoms with E-state index >= 15 is 0 Å². The molecule has 142 valence electrons. The zero-order valence-electron chi connectivity index (χ0n) is 15.2. The third kappa shape index (κ3) is 4.17. The van der Waals surface area contributed by atoms with Crippen LogP contribution in [-0.2, 0) is 0 Å². The number of hydrogen-bond donors (Lipinski definition) is 2. The van der Waals surface area contributed by atoms with Gasteiger partial charge in [-0.15, -0.1) is 0 Å². The van der Waals surface area contributed by atoms with Gasteiger partial charge in [-0.25, -0.2) is 10.4 Å². The summed E-state index contributed by atoms with van der Waals surface area (Å²) in [6.45, 7) is 0. The summed E-state index contributed by atoms with van der Waals surface area (Å²) < 4.78 is 0.971. The molecule has 3 aromatic carbocycles. The van der Waals surface area contributed by atoms with Crippen molar-refractivity contribution in [3.8, 4) is 17.0 Å². The number of phenols is 1. The second kappa shape index (κ2) is 8.24. The Bertz CT molecular complexity index is 1220. The fourth-order valence-electron chi connectivity index (χ4n) is 2.95. The van der Waals surface area contributed by atoms with Crippen LogP contribution < -0.4 is 5.43 Å². The third-order valence-corrected chi connectivity index (χ3v) is 4.94. The summed E-state index contributed by atoms with van der Waals surface area (Å²) in [6, 6.07) is 23.8. The van der Waals surface area contributed by atoms with Crippen LogP contribution in [0.5, 0.6) is 5.75 Å². The lowest BCUT2D eigenvalue weighted by molar-refractivity contribution is 0.0956. The van der Waals surface area contributed by atoms with Gasteiger partial charge >= 0.3 is 0 Å². The molecule has 1 amide bonds. The summed E-state index contributed by atoms with van der Waals surface area (Å²) in [5, 5.41) is 14.5. The fourth-order valence-corrected chi connectivity index (χ4v) is 3.21. The number of para-hydroxylation sites is 2. The van der Waals surface area contributed by atoms with Gasteiger partial charge in [-0.05, 0) is 36.4 Å². The van der Waals surface area contributed by atoms with Gasteiger partial charge in [-0.3, -0.25) is 4.79 Å². The SMILES string of the molecule is O=C(N/N=C\c1ccccc1O)c1cc(-c2ccc(Br)cc2)nc2ccccc12. The van der Waals surface area contributed by atoms with Gasteiger partial charge in [0.1, 0.15) is 5.75 Å². The molecule has 0 unspecified atom stereocenters. The number of halogens is 1. The Hall–Kier alpha value is -3.51. The summed E-state index contributed by atoms with van der Waals surface area (Å²) in [5.41, 5.74) is 5.86. The number of nitrogens with one attached hydrogen (secondary N) is 1. The number of rotatable bonds is 4. The first-order chi connectivity index (χ1) is 14.1. The molecule has 0 bridgehead atoms. The fraction of sp³-hybridized carbons (Fsp3) is 0. The molecule has 0 fully saturated rings. The first-order valence-corrected chi connectivity index (χ1v) is 9.68. The van der Waals surface area contributed by atoms with E-state index in [2.05, 4.69) is 26.5 Å². The molecule has 5 nitrogen and oxygen atoms in total. The van der Waals surface area contributed by atoms with Crippen LogP contribution in [0.4, 0.5) is 0 Å². The molecule has 2 N–H and O–H groups in total. The van der Waals surface area contributed by atoms with E-state index in [1.165, 1.54) is 6.21 Å². The van der Waals surface area contributed by atoms with Crippen molar-refractivity contribution in [2.75, 3.05) is 0 Å². The van der Waals surface area contributed by atoms with Gasteiger partial charge in [0.15, 0.2) is 0 Å². The van der Waals surface area contributed by atoms with E-state index in [1.54, 1.807) is 30.3 Å². The van der Waals surface area contributed by atoms with E-state index in [0.717, 1.165) is 20.9 Å². The number of aromatic hydroxyl groups is 1. The summed E-state index contributed by atoms with van der Waals surface area (Å²) in [7, 11) is 0. The van der Waals surface area contributed by atoms with Crippen LogP contribution in [0.25, 0.3) is 22.2 Å². The highest BCUT2D eigenvalue weighted by molar-refractivity contribution is 9.10. The van der Waals surface area contributed by atoms with E-state index in [4.69, 9.17) is 4.98 Å². The molecule has 4 rings (SSSR count). The Balaban J connectivity index is 1.69. The van der Waals surface area contributed by atoms with Crippen molar-refractivity contribution in [3.63, 3.8) is 0 Å². The number of fused-ring (bicyclic) bond motifs is 1. The number of nitrogens with zero attached hydrogens (tertiary/aromatic N) is 2. The summed E-state index contributed by atoms with van der Waals surface area (Å²) in [6.07, 6.45) is 1.41. The molecule has 0 aliphatic rings. The second-order valence-corrected chi connectivity index (χ2v) is 7.25. The Morgan fingerprint density at radius 2 is 1.72 bits per heavy atom. The average Bonchev–Trinajstić information content (AvgIpc) is 2.74. The van der Waals surface area contributed by atoms with Crippen LogP contribution in [0.2, 0.25) is 0 Å². The normalized spacial score (nSPS) is 11.1. The standard InChI is InChI=1S/C23H16BrN3O2/c24-17-11-9-15(10-12-17)21-13-19(18-6-2-3-7-20(18)26-21)23(29)27-25-14-16-5-1-4-8-22(16)28/h1-14,28H,(H,27,29)/b25-14-. The molecule has 0 saturated carbocycles. The first-order valence-electron chi connectivity index (χ1n) is 8.89. The minimum absolute atomic E-state index is 0.0948.